The molecule has 1 saturated heterocycles. The van der Waals surface area contributed by atoms with Gasteiger partial charge >= 0.3 is 51.4 Å². The predicted molar refractivity (Wildman–Crippen MR) is 131 cm³/mol. The van der Waals surface area contributed by atoms with Gasteiger partial charge in [-0.2, -0.15) is 0 Å². The van der Waals surface area contributed by atoms with Gasteiger partial charge in [0.1, 0.15) is 11.6 Å². The van der Waals surface area contributed by atoms with Crippen molar-refractivity contribution in [1.29, 1.82) is 5.41 Å². The number of amidine groups is 2. The van der Waals surface area contributed by atoms with E-state index in [1.165, 1.54) is 13.1 Å². The monoisotopic (exact) mass is 495 g/mol. The quantitative estimate of drug-likeness (QED) is 0.258. The molecule has 0 atom stereocenters. The van der Waals surface area contributed by atoms with Gasteiger partial charge in [-0.1, -0.05) is 24.7 Å². The van der Waals surface area contributed by atoms with E-state index in [2.05, 4.69) is 65.2 Å². The van der Waals surface area contributed by atoms with E-state index in [9.17, 15) is 5.11 Å². The number of aliphatic imine (C=N–C) groups is 1. The van der Waals surface area contributed by atoms with Crippen molar-refractivity contribution in [1.82, 2.24) is 15.3 Å². The molecule has 33 heavy (non-hydrogen) atoms. The van der Waals surface area contributed by atoms with Gasteiger partial charge in [-0.25, -0.2) is 4.98 Å². The molecule has 10 heteroatoms. The number of hydrogen-bond donors (Lipinski definition) is 3. The summed E-state index contributed by atoms with van der Waals surface area (Å²) in [5, 5.41) is 25.9. The summed E-state index contributed by atoms with van der Waals surface area (Å²) < 4.78 is 0. The Kier molecular flexibility index (Phi) is 9.48. The second-order valence-corrected chi connectivity index (χ2v) is 9.85. The number of phenols is 1. The second kappa shape index (κ2) is 11.1. The Hall–Kier alpha value is -1.07. The molecule has 0 bridgehead atoms. The third-order valence-corrected chi connectivity index (χ3v) is 5.91. The van der Waals surface area contributed by atoms with Crippen LogP contribution >= 0.6 is 11.6 Å². The Morgan fingerprint density at radius 3 is 2.36 bits per heavy atom. The minimum Gasteiger partial charge on any atom is -0.507 e. The average molecular weight is 496 g/mol. The van der Waals surface area contributed by atoms with Crippen LogP contribution in [0.2, 0.25) is 0 Å². The summed E-state index contributed by atoms with van der Waals surface area (Å²) in [6.45, 7) is 8.91. The topological polar surface area (TPSA) is 112 Å². The van der Waals surface area contributed by atoms with Crippen LogP contribution in [0.1, 0.15) is 46.1 Å². The van der Waals surface area contributed by atoms with E-state index in [1.807, 2.05) is 0 Å². The molecule has 0 aliphatic carbocycles. The van der Waals surface area contributed by atoms with Gasteiger partial charge in [-0.3, -0.25) is 4.98 Å². The molecule has 1 aliphatic heterocycles. The zero-order valence-electron chi connectivity index (χ0n) is 20.4. The standard InChI is InChI=1S/C23H31ClN7O.K/c1-22(2)10-15(11-23(3,4)30-22)31(6)19-13-27-17(12-28-19)16-8-7-14(9-18(16)32)20(25)29-21(24)26-5;/h7-9,12-13,15,30H,10-11H2,1-6H3,(H2-,25,26,27,29,32);/q-1;+1. The first kappa shape index (κ1) is 28.2. The van der Waals surface area contributed by atoms with Crippen LogP contribution in [0, 0.1) is 5.41 Å². The van der Waals surface area contributed by atoms with Crippen molar-refractivity contribution in [3.8, 4) is 17.0 Å². The van der Waals surface area contributed by atoms with Crippen LogP contribution in [0.3, 0.4) is 0 Å². The summed E-state index contributed by atoms with van der Waals surface area (Å²) in [5.74, 6) is 0.694. The number of rotatable bonds is 4. The van der Waals surface area contributed by atoms with Gasteiger partial charge in [-0.15, -0.1) is 0 Å². The predicted octanol–water partition coefficient (Wildman–Crippen LogP) is 1.52. The Balaban J connectivity index is 0.00000385. The van der Waals surface area contributed by atoms with Gasteiger partial charge < -0.3 is 31.0 Å². The Morgan fingerprint density at radius 1 is 1.21 bits per heavy atom. The van der Waals surface area contributed by atoms with Crippen molar-refractivity contribution in [2.24, 2.45) is 4.99 Å². The zero-order valence-corrected chi connectivity index (χ0v) is 24.3. The van der Waals surface area contributed by atoms with Crippen LogP contribution in [0.15, 0.2) is 35.6 Å². The zero-order chi connectivity index (χ0) is 23.7. The molecule has 1 aromatic carbocycles. The third-order valence-electron chi connectivity index (χ3n) is 5.65. The molecule has 8 nitrogen and oxygen atoms in total. The summed E-state index contributed by atoms with van der Waals surface area (Å²) in [7, 11) is 3.55. The number of halogens is 1. The maximum Gasteiger partial charge on any atom is 1.00 e. The van der Waals surface area contributed by atoms with Gasteiger partial charge in [-0.05, 0) is 58.2 Å². The number of anilines is 1. The molecule has 1 aliphatic rings. The fourth-order valence-electron chi connectivity index (χ4n) is 4.47. The molecule has 0 unspecified atom stereocenters. The average Bonchev–Trinajstić information content (AvgIpc) is 2.71. The van der Waals surface area contributed by atoms with Crippen LogP contribution in [-0.2, 0) is 0 Å². The van der Waals surface area contributed by atoms with Gasteiger partial charge in [0, 0.05) is 40.9 Å². The summed E-state index contributed by atoms with van der Waals surface area (Å²) in [6.07, 6.45) is 5.40. The van der Waals surface area contributed by atoms with Crippen LogP contribution in [-0.4, -0.2) is 57.4 Å². The van der Waals surface area contributed by atoms with Crippen molar-refractivity contribution in [3.05, 3.63) is 41.5 Å². The van der Waals surface area contributed by atoms with Gasteiger partial charge in [0.25, 0.3) is 0 Å². The number of piperidine rings is 1. The summed E-state index contributed by atoms with van der Waals surface area (Å²) in [4.78, 5) is 15.2. The summed E-state index contributed by atoms with van der Waals surface area (Å²) in [6, 6.07) is 5.17. The van der Waals surface area contributed by atoms with Crippen LogP contribution < -0.4 is 61.6 Å². The van der Waals surface area contributed by atoms with E-state index in [0.717, 1.165) is 18.7 Å². The molecular weight excluding hydrogens is 465 g/mol. The molecule has 0 spiro atoms. The van der Waals surface area contributed by atoms with Crippen LogP contribution in [0.4, 0.5) is 5.82 Å². The number of nitrogens with one attached hydrogen (secondary N) is 2. The number of phenolic OH excluding ortho intramolecular Hbond substituents is 1. The summed E-state index contributed by atoms with van der Waals surface area (Å²) >= 11 is 5.76. The van der Waals surface area contributed by atoms with Crippen molar-refractivity contribution < 1.29 is 56.5 Å². The first-order valence-electron chi connectivity index (χ1n) is 10.5. The Labute approximate surface area is 243 Å². The molecule has 1 aromatic heterocycles. The largest absolute Gasteiger partial charge is 1.00 e. The fraction of sp³-hybridized carbons (Fsp3) is 0.478. The first-order valence-corrected chi connectivity index (χ1v) is 10.9. The minimum atomic E-state index is -0.0849. The van der Waals surface area contributed by atoms with Gasteiger partial charge in [0.05, 0.1) is 18.1 Å². The summed E-state index contributed by atoms with van der Waals surface area (Å²) in [5.41, 5.74) is 1.58. The van der Waals surface area contributed by atoms with E-state index in [-0.39, 0.29) is 79.3 Å². The molecule has 1 fully saturated rings. The molecule has 3 rings (SSSR count). The number of benzene rings is 1. The van der Waals surface area contributed by atoms with Gasteiger partial charge in [0.15, 0.2) is 0 Å². The van der Waals surface area contributed by atoms with Crippen molar-refractivity contribution in [2.45, 2.75) is 57.7 Å². The smallest absolute Gasteiger partial charge is 0.507 e. The number of aromatic nitrogens is 2. The van der Waals surface area contributed by atoms with Crippen molar-refractivity contribution in [2.75, 3.05) is 19.0 Å². The fourth-order valence-corrected chi connectivity index (χ4v) is 4.56. The van der Waals surface area contributed by atoms with E-state index < -0.39 is 0 Å². The number of nitrogens with zero attached hydrogens (tertiary/aromatic N) is 5. The van der Waals surface area contributed by atoms with Crippen molar-refractivity contribution in [3.63, 3.8) is 0 Å². The van der Waals surface area contributed by atoms with E-state index >= 15 is 0 Å². The van der Waals surface area contributed by atoms with Crippen molar-refractivity contribution >= 4 is 28.5 Å². The minimum absolute atomic E-state index is 0. The maximum atomic E-state index is 10.5. The molecule has 0 radical (unpaired) electrons. The van der Waals surface area contributed by atoms with Gasteiger partial charge in [0.2, 0.25) is 0 Å². The van der Waals surface area contributed by atoms with E-state index in [4.69, 9.17) is 17.0 Å². The SMILES string of the molecule is C[N-]C(Cl)=NC(=N)c1ccc(-c2cnc(N(C)C3CC(C)(C)NC(C)(C)C3)cn2)c(O)c1.[K+]. The van der Waals surface area contributed by atoms with Crippen LogP contribution in [0.25, 0.3) is 16.6 Å². The molecule has 172 valence electrons. The molecular formula is C23H31ClKN7O. The second-order valence-electron chi connectivity index (χ2n) is 9.51. The molecule has 3 N–H and O–H groups in total. The Bertz CT molecular complexity index is 1010. The van der Waals surface area contributed by atoms with E-state index in [1.54, 1.807) is 24.5 Å². The molecule has 2 heterocycles. The third kappa shape index (κ3) is 7.21. The molecule has 0 saturated carbocycles. The molecule has 0 amide bonds. The Morgan fingerprint density at radius 2 is 1.85 bits per heavy atom. The number of aromatic hydroxyl groups is 1. The maximum absolute atomic E-state index is 10.5. The van der Waals surface area contributed by atoms with Crippen LogP contribution in [0.5, 0.6) is 5.75 Å². The first-order chi connectivity index (χ1) is 14.9. The van der Waals surface area contributed by atoms with E-state index in [0.29, 0.717) is 22.9 Å². The number of hydrogen-bond acceptors (Lipinski definition) is 6. The molecule has 2 aromatic rings. The normalized spacial score (nSPS) is 17.7.